The summed E-state index contributed by atoms with van der Waals surface area (Å²) >= 11 is 0. The lowest BCUT2D eigenvalue weighted by molar-refractivity contribution is -0.160. The van der Waals surface area contributed by atoms with Gasteiger partial charge >= 0.3 is 23.9 Å². The van der Waals surface area contributed by atoms with E-state index in [1.165, 1.54) is 7.05 Å². The Morgan fingerprint density at radius 3 is 2.15 bits per heavy atom. The third-order valence-corrected chi connectivity index (χ3v) is 3.64. The number of nitrogens with zero attached hydrogens (tertiary/aromatic N) is 1. The summed E-state index contributed by atoms with van der Waals surface area (Å²) in [7, 11) is 1.36. The molecule has 0 saturated carbocycles. The summed E-state index contributed by atoms with van der Waals surface area (Å²) in [5, 5.41) is 20.1. The lowest BCUT2D eigenvalue weighted by Crippen LogP contribution is -2.52. The molecule has 0 bridgehead atoms. The molecule has 0 aliphatic rings. The lowest BCUT2D eigenvalue weighted by Gasteiger charge is -2.30. The number of urea groups is 1. The Labute approximate surface area is 159 Å². The molecule has 0 aliphatic carbocycles. The van der Waals surface area contributed by atoms with Crippen LogP contribution in [0.5, 0.6) is 0 Å². The van der Waals surface area contributed by atoms with E-state index in [1.807, 2.05) is 0 Å². The van der Waals surface area contributed by atoms with Gasteiger partial charge in [0.05, 0.1) is 0 Å². The molecule has 0 aromatic heterocycles. The highest BCUT2D eigenvalue weighted by atomic mass is 16.6. The van der Waals surface area contributed by atoms with Gasteiger partial charge in [0.25, 0.3) is 0 Å². The highest BCUT2D eigenvalue weighted by Crippen LogP contribution is 2.15. The average Bonchev–Trinajstić information content (AvgIpc) is 2.52. The van der Waals surface area contributed by atoms with Crippen LogP contribution in [0.1, 0.15) is 52.9 Å². The molecule has 0 aromatic rings. The smallest absolute Gasteiger partial charge is 0.329 e. The van der Waals surface area contributed by atoms with Crippen molar-refractivity contribution in [2.24, 2.45) is 5.73 Å². The fourth-order valence-electron chi connectivity index (χ4n) is 2.24. The summed E-state index contributed by atoms with van der Waals surface area (Å²) in [6, 6.07) is -3.08. The monoisotopic (exact) mass is 389 g/mol. The summed E-state index contributed by atoms with van der Waals surface area (Å²) in [4.78, 5) is 47.8. The number of amides is 2. The SMILES string of the molecule is CN(C(=O)NC(CCC(=O)O)C(=O)O)[C@@H](CCCCN)C(=O)OC(C)(C)C. The molecule has 27 heavy (non-hydrogen) atoms. The molecule has 10 nitrogen and oxygen atoms in total. The summed E-state index contributed by atoms with van der Waals surface area (Å²) in [6.07, 6.45) is 0.870. The average molecular weight is 389 g/mol. The van der Waals surface area contributed by atoms with Crippen LogP contribution in [0.15, 0.2) is 0 Å². The van der Waals surface area contributed by atoms with Crippen molar-refractivity contribution < 1.29 is 34.1 Å². The molecule has 0 rings (SSSR count). The van der Waals surface area contributed by atoms with Crippen LogP contribution in [-0.2, 0) is 19.1 Å². The van der Waals surface area contributed by atoms with Gasteiger partial charge in [-0.15, -0.1) is 0 Å². The molecule has 0 aromatic carbocycles. The number of unbranched alkanes of at least 4 members (excludes halogenated alkanes) is 1. The van der Waals surface area contributed by atoms with E-state index in [0.717, 1.165) is 4.90 Å². The van der Waals surface area contributed by atoms with Crippen LogP contribution >= 0.6 is 0 Å². The van der Waals surface area contributed by atoms with Gasteiger partial charge in [0.15, 0.2) is 0 Å². The first-order valence-corrected chi connectivity index (χ1v) is 8.80. The molecule has 156 valence electrons. The van der Waals surface area contributed by atoms with Gasteiger partial charge in [0, 0.05) is 13.5 Å². The minimum Gasteiger partial charge on any atom is -0.481 e. The summed E-state index contributed by atoms with van der Waals surface area (Å²) in [5.41, 5.74) is 4.72. The highest BCUT2D eigenvalue weighted by molar-refractivity contribution is 5.86. The number of nitrogens with one attached hydrogen (secondary N) is 1. The number of aliphatic carboxylic acids is 2. The first-order chi connectivity index (χ1) is 12.4. The van der Waals surface area contributed by atoms with Crippen LogP contribution in [-0.4, -0.2) is 70.3 Å². The molecule has 1 unspecified atom stereocenters. The standard InChI is InChI=1S/C17H31N3O7/c1-17(2,3)27-15(25)12(7-5-6-10-18)20(4)16(26)19-11(14(23)24)8-9-13(21)22/h11-12H,5-10,18H2,1-4H3,(H,19,26)(H,21,22)(H,23,24)/t11?,12-/m0/s1. The van der Waals surface area contributed by atoms with Crippen molar-refractivity contribution in [3.8, 4) is 0 Å². The number of hydrogen-bond donors (Lipinski definition) is 4. The van der Waals surface area contributed by atoms with Crippen LogP contribution < -0.4 is 11.1 Å². The van der Waals surface area contributed by atoms with E-state index in [-0.39, 0.29) is 6.42 Å². The number of hydrogen-bond acceptors (Lipinski definition) is 6. The maximum absolute atomic E-state index is 12.5. The van der Waals surface area contributed by atoms with Crippen molar-refractivity contribution in [2.75, 3.05) is 13.6 Å². The summed E-state index contributed by atoms with van der Waals surface area (Å²) < 4.78 is 5.35. The molecule has 5 N–H and O–H groups in total. The van der Waals surface area contributed by atoms with Crippen LogP contribution in [0.3, 0.4) is 0 Å². The first-order valence-electron chi connectivity index (χ1n) is 8.80. The van der Waals surface area contributed by atoms with Crippen molar-refractivity contribution in [2.45, 2.75) is 70.6 Å². The zero-order valence-corrected chi connectivity index (χ0v) is 16.4. The predicted molar refractivity (Wildman–Crippen MR) is 97.1 cm³/mol. The second kappa shape index (κ2) is 11.4. The number of carboxylic acid groups (broad SMARTS) is 2. The molecular formula is C17H31N3O7. The quantitative estimate of drug-likeness (QED) is 0.298. The number of rotatable bonds is 11. The number of likely N-dealkylation sites (N-methyl/N-ethyl adjacent to an activating group) is 1. The number of carbonyl (C=O) groups excluding carboxylic acids is 2. The molecule has 10 heteroatoms. The lowest BCUT2D eigenvalue weighted by atomic mass is 10.1. The van der Waals surface area contributed by atoms with Crippen LogP contribution in [0.4, 0.5) is 4.79 Å². The Morgan fingerprint density at radius 1 is 1.11 bits per heavy atom. The van der Waals surface area contributed by atoms with Gasteiger partial charge < -0.3 is 30.9 Å². The molecule has 0 aliphatic heterocycles. The van der Waals surface area contributed by atoms with Crippen molar-refractivity contribution in [3.05, 3.63) is 0 Å². The zero-order valence-electron chi connectivity index (χ0n) is 16.4. The van der Waals surface area contributed by atoms with E-state index in [4.69, 9.17) is 20.7 Å². The van der Waals surface area contributed by atoms with Crippen molar-refractivity contribution in [1.82, 2.24) is 10.2 Å². The molecule has 0 fully saturated rings. The molecule has 0 spiro atoms. The van der Waals surface area contributed by atoms with Gasteiger partial charge in [-0.05, 0) is 53.0 Å². The van der Waals surface area contributed by atoms with E-state index in [9.17, 15) is 19.2 Å². The van der Waals surface area contributed by atoms with E-state index in [0.29, 0.717) is 25.8 Å². The van der Waals surface area contributed by atoms with E-state index < -0.39 is 48.0 Å². The molecule has 0 saturated heterocycles. The van der Waals surface area contributed by atoms with Gasteiger partial charge in [0.1, 0.15) is 17.7 Å². The molecule has 0 heterocycles. The van der Waals surface area contributed by atoms with Gasteiger partial charge in [0.2, 0.25) is 0 Å². The van der Waals surface area contributed by atoms with E-state index in [2.05, 4.69) is 5.32 Å². The second-order valence-corrected chi connectivity index (χ2v) is 7.22. The topological polar surface area (TPSA) is 159 Å². The number of ether oxygens (including phenoxy) is 1. The maximum atomic E-state index is 12.5. The number of carboxylic acids is 2. The molecule has 2 amide bonds. The van der Waals surface area contributed by atoms with Gasteiger partial charge in [-0.1, -0.05) is 0 Å². The van der Waals surface area contributed by atoms with E-state index in [1.54, 1.807) is 20.8 Å². The van der Waals surface area contributed by atoms with Gasteiger partial charge in [-0.2, -0.15) is 0 Å². The first kappa shape index (κ1) is 24.6. The molecule has 2 atom stereocenters. The van der Waals surface area contributed by atoms with Crippen molar-refractivity contribution >= 4 is 23.9 Å². The predicted octanol–water partition coefficient (Wildman–Crippen LogP) is 0.785. The summed E-state index contributed by atoms with van der Waals surface area (Å²) in [6.45, 7) is 5.55. The maximum Gasteiger partial charge on any atom is 0.329 e. The van der Waals surface area contributed by atoms with Gasteiger partial charge in [-0.25, -0.2) is 14.4 Å². The third-order valence-electron chi connectivity index (χ3n) is 3.64. The Kier molecular flexibility index (Phi) is 10.4. The fraction of sp³-hybridized carbons (Fsp3) is 0.765. The number of esters is 1. The largest absolute Gasteiger partial charge is 0.481 e. The Bertz CT molecular complexity index is 531. The summed E-state index contributed by atoms with van der Waals surface area (Å²) in [5.74, 6) is -3.12. The molecular weight excluding hydrogens is 358 g/mol. The van der Waals surface area contributed by atoms with Gasteiger partial charge in [-0.3, -0.25) is 4.79 Å². The second-order valence-electron chi connectivity index (χ2n) is 7.22. The minimum absolute atomic E-state index is 0.269. The Morgan fingerprint density at radius 2 is 1.70 bits per heavy atom. The van der Waals surface area contributed by atoms with Crippen molar-refractivity contribution in [1.29, 1.82) is 0 Å². The number of nitrogens with two attached hydrogens (primary N) is 1. The third kappa shape index (κ3) is 10.4. The zero-order chi connectivity index (χ0) is 21.2. The highest BCUT2D eigenvalue weighted by Gasteiger charge is 2.32. The van der Waals surface area contributed by atoms with E-state index >= 15 is 0 Å². The van der Waals surface area contributed by atoms with Crippen LogP contribution in [0, 0.1) is 0 Å². The van der Waals surface area contributed by atoms with Crippen LogP contribution in [0.25, 0.3) is 0 Å². The molecule has 0 radical (unpaired) electrons. The van der Waals surface area contributed by atoms with Crippen molar-refractivity contribution in [3.63, 3.8) is 0 Å². The number of carbonyl (C=O) groups is 4. The van der Waals surface area contributed by atoms with Crippen LogP contribution in [0.2, 0.25) is 0 Å². The Balaban J connectivity index is 5.16. The normalized spacial score (nSPS) is 13.4. The fourth-order valence-corrected chi connectivity index (χ4v) is 2.24. The minimum atomic E-state index is -1.38. The Hall–Kier alpha value is -2.36.